The normalized spacial score (nSPS) is 14.8. The smallest absolute Gasteiger partial charge is 0.274 e. The minimum Gasteiger partial charge on any atom is -0.470 e. The number of ether oxygens (including phenoxy) is 1. The van der Waals surface area contributed by atoms with Gasteiger partial charge in [-0.05, 0) is 31.2 Å². The number of amides is 1. The van der Waals surface area contributed by atoms with Gasteiger partial charge in [-0.3, -0.25) is 14.4 Å². The number of carbonyl (C=O) groups excluding carboxylic acids is 1. The van der Waals surface area contributed by atoms with E-state index >= 15 is 0 Å². The first kappa shape index (κ1) is 21.9. The van der Waals surface area contributed by atoms with Crippen molar-refractivity contribution in [3.63, 3.8) is 0 Å². The third-order valence-electron chi connectivity index (χ3n) is 5.27. The Morgan fingerprint density at radius 3 is 2.65 bits per heavy atom. The van der Waals surface area contributed by atoms with E-state index in [1.807, 2.05) is 29.6 Å². The van der Waals surface area contributed by atoms with Crippen LogP contribution in [0.2, 0.25) is 5.02 Å². The van der Waals surface area contributed by atoms with Gasteiger partial charge >= 0.3 is 0 Å². The Balaban J connectivity index is 1.29. The van der Waals surface area contributed by atoms with E-state index in [4.69, 9.17) is 16.3 Å². The number of carbonyl (C=O) groups is 1. The Bertz CT molecular complexity index is 1070. The van der Waals surface area contributed by atoms with Crippen LogP contribution in [0.3, 0.4) is 0 Å². The van der Waals surface area contributed by atoms with Crippen molar-refractivity contribution in [1.29, 1.82) is 0 Å². The Labute approximate surface area is 194 Å². The summed E-state index contributed by atoms with van der Waals surface area (Å²) in [4.78, 5) is 17.1. The van der Waals surface area contributed by atoms with Crippen molar-refractivity contribution in [3.05, 3.63) is 63.1 Å². The second kappa shape index (κ2) is 9.42. The van der Waals surface area contributed by atoms with Gasteiger partial charge in [-0.15, -0.1) is 0 Å². The fraction of sp³-hybridized carbons (Fsp3) is 0.381. The number of benzene rings is 1. The van der Waals surface area contributed by atoms with Crippen molar-refractivity contribution in [2.24, 2.45) is 7.05 Å². The summed E-state index contributed by atoms with van der Waals surface area (Å²) in [5.74, 6) is 0.505. The molecule has 0 bridgehead atoms. The number of aryl methyl sites for hydroxylation is 2. The van der Waals surface area contributed by atoms with Crippen LogP contribution < -0.4 is 4.74 Å². The van der Waals surface area contributed by atoms with Crippen LogP contribution in [0.5, 0.6) is 5.75 Å². The predicted molar refractivity (Wildman–Crippen MR) is 121 cm³/mol. The zero-order valence-corrected chi connectivity index (χ0v) is 19.8. The summed E-state index contributed by atoms with van der Waals surface area (Å²) in [5.41, 5.74) is 2.70. The van der Waals surface area contributed by atoms with Crippen molar-refractivity contribution in [2.75, 3.05) is 26.2 Å². The molecule has 3 heterocycles. The first-order chi connectivity index (χ1) is 14.9. The summed E-state index contributed by atoms with van der Waals surface area (Å²) in [5, 5.41) is 9.28. The quantitative estimate of drug-likeness (QED) is 0.512. The maximum atomic E-state index is 12.9. The van der Waals surface area contributed by atoms with Crippen LogP contribution in [-0.2, 0) is 20.3 Å². The van der Waals surface area contributed by atoms with Gasteiger partial charge in [-0.2, -0.15) is 10.2 Å². The van der Waals surface area contributed by atoms with Crippen LogP contribution in [-0.4, -0.2) is 61.4 Å². The summed E-state index contributed by atoms with van der Waals surface area (Å²) in [6.07, 6.45) is 3.80. The molecule has 4 rings (SSSR count). The van der Waals surface area contributed by atoms with Crippen molar-refractivity contribution in [1.82, 2.24) is 29.4 Å². The third kappa shape index (κ3) is 5.28. The zero-order valence-electron chi connectivity index (χ0n) is 17.5. The van der Waals surface area contributed by atoms with Gasteiger partial charge in [0.2, 0.25) is 0 Å². The molecule has 1 aliphatic heterocycles. The molecule has 0 N–H and O–H groups in total. The molecule has 1 aromatic carbocycles. The number of rotatable bonds is 6. The van der Waals surface area contributed by atoms with Crippen LogP contribution >= 0.6 is 27.5 Å². The first-order valence-electron chi connectivity index (χ1n) is 10.0. The molecule has 1 fully saturated rings. The minimum absolute atomic E-state index is 0.0577. The van der Waals surface area contributed by atoms with Gasteiger partial charge in [0.05, 0.1) is 10.7 Å². The topological polar surface area (TPSA) is 68.4 Å². The lowest BCUT2D eigenvalue weighted by atomic mass is 10.2. The van der Waals surface area contributed by atoms with Gasteiger partial charge in [-0.25, -0.2) is 4.68 Å². The van der Waals surface area contributed by atoms with Crippen LogP contribution in [0.25, 0.3) is 0 Å². The van der Waals surface area contributed by atoms with E-state index in [1.54, 1.807) is 29.1 Å². The van der Waals surface area contributed by atoms with Crippen LogP contribution in [0.1, 0.15) is 21.7 Å². The molecule has 164 valence electrons. The van der Waals surface area contributed by atoms with Crippen molar-refractivity contribution >= 4 is 33.4 Å². The molecule has 0 radical (unpaired) electrons. The highest BCUT2D eigenvalue weighted by molar-refractivity contribution is 9.10. The van der Waals surface area contributed by atoms with E-state index in [0.717, 1.165) is 29.8 Å². The second-order valence-corrected chi connectivity index (χ2v) is 8.89. The molecule has 2 aromatic heterocycles. The molecule has 0 aliphatic carbocycles. The van der Waals surface area contributed by atoms with E-state index in [1.165, 1.54) is 5.56 Å². The van der Waals surface area contributed by atoms with Gasteiger partial charge < -0.3 is 9.64 Å². The fourth-order valence-electron chi connectivity index (χ4n) is 3.59. The zero-order chi connectivity index (χ0) is 22.0. The highest BCUT2D eigenvalue weighted by atomic mass is 79.9. The minimum atomic E-state index is -0.0577. The largest absolute Gasteiger partial charge is 0.470 e. The Morgan fingerprint density at radius 2 is 1.97 bits per heavy atom. The Morgan fingerprint density at radius 1 is 1.19 bits per heavy atom. The molecule has 0 unspecified atom stereocenters. The molecule has 1 saturated heterocycles. The van der Waals surface area contributed by atoms with E-state index in [0.29, 0.717) is 29.6 Å². The highest BCUT2D eigenvalue weighted by Crippen LogP contribution is 2.27. The molecule has 31 heavy (non-hydrogen) atoms. The molecule has 0 saturated carbocycles. The number of halogens is 2. The van der Waals surface area contributed by atoms with Crippen LogP contribution in [0.15, 0.2) is 41.1 Å². The average molecular weight is 508 g/mol. The molecular formula is C21H24BrClN6O2. The standard InChI is InChI=1S/C21H24BrClN6O2/c1-15-16(12-26(2)24-15)13-27-7-9-28(10-8-27)21(30)19-5-6-29(25-19)14-31-20-4-3-17(22)11-18(20)23/h3-6,11-12H,7-10,13-14H2,1-2H3. The van der Waals surface area contributed by atoms with Crippen LogP contribution in [0.4, 0.5) is 0 Å². The van der Waals surface area contributed by atoms with Crippen molar-refractivity contribution in [2.45, 2.75) is 20.2 Å². The number of hydrogen-bond acceptors (Lipinski definition) is 5. The third-order valence-corrected chi connectivity index (χ3v) is 6.06. The lowest BCUT2D eigenvalue weighted by Crippen LogP contribution is -2.48. The molecule has 8 nitrogen and oxygen atoms in total. The molecule has 1 aliphatic rings. The molecule has 1 amide bonds. The van der Waals surface area contributed by atoms with Crippen LogP contribution in [0, 0.1) is 6.92 Å². The van der Waals surface area contributed by atoms with Gasteiger partial charge in [0.25, 0.3) is 5.91 Å². The van der Waals surface area contributed by atoms with Gasteiger partial charge in [0.1, 0.15) is 5.75 Å². The highest BCUT2D eigenvalue weighted by Gasteiger charge is 2.24. The van der Waals surface area contributed by atoms with Gasteiger partial charge in [0, 0.05) is 62.2 Å². The lowest BCUT2D eigenvalue weighted by Gasteiger charge is -2.34. The molecule has 3 aromatic rings. The Kier molecular flexibility index (Phi) is 6.64. The van der Waals surface area contributed by atoms with E-state index < -0.39 is 0 Å². The summed E-state index contributed by atoms with van der Waals surface area (Å²) in [7, 11) is 1.94. The SMILES string of the molecule is Cc1nn(C)cc1CN1CCN(C(=O)c2ccn(COc3ccc(Br)cc3Cl)n2)CC1. The van der Waals surface area contributed by atoms with Gasteiger partial charge in [-0.1, -0.05) is 27.5 Å². The molecular weight excluding hydrogens is 484 g/mol. The maximum Gasteiger partial charge on any atom is 0.274 e. The van der Waals surface area contributed by atoms with E-state index in [-0.39, 0.29) is 12.6 Å². The monoisotopic (exact) mass is 506 g/mol. The maximum absolute atomic E-state index is 12.9. The summed E-state index contributed by atoms with van der Waals surface area (Å²) in [6.45, 7) is 6.06. The summed E-state index contributed by atoms with van der Waals surface area (Å²) in [6, 6.07) is 7.13. The van der Waals surface area contributed by atoms with E-state index in [2.05, 4.69) is 37.2 Å². The van der Waals surface area contributed by atoms with Gasteiger partial charge in [0.15, 0.2) is 12.4 Å². The summed E-state index contributed by atoms with van der Waals surface area (Å²) >= 11 is 9.54. The van der Waals surface area contributed by atoms with Crippen molar-refractivity contribution in [3.8, 4) is 5.75 Å². The Hall–Kier alpha value is -2.36. The predicted octanol–water partition coefficient (Wildman–Crippen LogP) is 3.34. The molecule has 0 atom stereocenters. The number of aromatic nitrogens is 4. The molecule has 0 spiro atoms. The summed E-state index contributed by atoms with van der Waals surface area (Å²) < 4.78 is 10.0. The number of nitrogens with zero attached hydrogens (tertiary/aromatic N) is 6. The average Bonchev–Trinajstić information content (AvgIpc) is 3.33. The number of piperazine rings is 1. The lowest BCUT2D eigenvalue weighted by molar-refractivity contribution is 0.0620. The second-order valence-electron chi connectivity index (χ2n) is 7.57. The van der Waals surface area contributed by atoms with Crippen molar-refractivity contribution < 1.29 is 9.53 Å². The fourth-order valence-corrected chi connectivity index (χ4v) is 4.32. The molecule has 10 heteroatoms. The number of hydrogen-bond donors (Lipinski definition) is 0. The van der Waals surface area contributed by atoms with E-state index in [9.17, 15) is 4.79 Å². The first-order valence-corrected chi connectivity index (χ1v) is 11.2.